The Bertz CT molecular complexity index is 368. The molecule has 4 saturated carbocycles. The summed E-state index contributed by atoms with van der Waals surface area (Å²) in [6.07, 6.45) is 16.2. The molecule has 0 amide bonds. The molecule has 8 unspecified atom stereocenters. The number of hydrogen-bond donors (Lipinski definition) is 0. The molecule has 5 aliphatic carbocycles. The smallest absolute Gasteiger partial charge is 0.0196 e. The molecule has 0 aliphatic heterocycles. The first-order chi connectivity index (χ1) is 8.40. The molecule has 0 saturated heterocycles. The maximum atomic E-state index is 2.58. The van der Waals surface area contributed by atoms with E-state index in [0.717, 1.165) is 23.7 Å². The van der Waals surface area contributed by atoms with Crippen molar-refractivity contribution >= 4 is 0 Å². The number of fused-ring (bicyclic) bond motifs is 2. The van der Waals surface area contributed by atoms with E-state index in [1.807, 2.05) is 0 Å². The molecule has 2 bridgehead atoms. The topological polar surface area (TPSA) is 0 Å². The maximum Gasteiger partial charge on any atom is -0.0196 e. The van der Waals surface area contributed by atoms with Crippen LogP contribution in [0, 0.1) is 47.3 Å². The van der Waals surface area contributed by atoms with E-state index in [0.29, 0.717) is 0 Å². The van der Waals surface area contributed by atoms with Gasteiger partial charge in [-0.25, -0.2) is 0 Å². The van der Waals surface area contributed by atoms with Crippen LogP contribution in [0.25, 0.3) is 0 Å². The van der Waals surface area contributed by atoms with E-state index < -0.39 is 0 Å². The summed E-state index contributed by atoms with van der Waals surface area (Å²) in [6, 6.07) is 0. The molecule has 0 nitrogen and oxygen atoms in total. The average molecular weight is 228 g/mol. The van der Waals surface area contributed by atoms with Crippen LogP contribution in [0.2, 0.25) is 0 Å². The van der Waals surface area contributed by atoms with Gasteiger partial charge in [0.25, 0.3) is 0 Å². The lowest BCUT2D eigenvalue weighted by Gasteiger charge is -2.30. The second-order valence-electron chi connectivity index (χ2n) is 7.76. The monoisotopic (exact) mass is 228 g/mol. The normalized spacial score (nSPS) is 62.6. The summed E-state index contributed by atoms with van der Waals surface area (Å²) < 4.78 is 0. The second kappa shape index (κ2) is 3.19. The predicted octanol–water partition coefficient (Wildman–Crippen LogP) is 4.27. The van der Waals surface area contributed by atoms with Gasteiger partial charge in [-0.3, -0.25) is 0 Å². The first kappa shape index (κ1) is 9.64. The summed E-state index contributed by atoms with van der Waals surface area (Å²) in [5, 5.41) is 0. The molecular formula is C17H24. The van der Waals surface area contributed by atoms with E-state index in [1.165, 1.54) is 30.1 Å². The third-order valence-electron chi connectivity index (χ3n) is 7.37. The molecule has 8 atom stereocenters. The highest BCUT2D eigenvalue weighted by molar-refractivity contribution is 5.14. The first-order valence-corrected chi connectivity index (χ1v) is 8.08. The van der Waals surface area contributed by atoms with Crippen LogP contribution in [0.4, 0.5) is 0 Å². The minimum absolute atomic E-state index is 0.989. The Kier molecular flexibility index (Phi) is 1.81. The van der Waals surface area contributed by atoms with Gasteiger partial charge >= 0.3 is 0 Å². The maximum absolute atomic E-state index is 2.58. The van der Waals surface area contributed by atoms with Gasteiger partial charge < -0.3 is 0 Å². The van der Waals surface area contributed by atoms with Crippen molar-refractivity contribution in [1.82, 2.24) is 0 Å². The van der Waals surface area contributed by atoms with Crippen LogP contribution < -0.4 is 0 Å². The number of rotatable bonds is 1. The van der Waals surface area contributed by atoms with E-state index in [4.69, 9.17) is 0 Å². The van der Waals surface area contributed by atoms with Crippen molar-refractivity contribution in [2.75, 3.05) is 0 Å². The van der Waals surface area contributed by atoms with Gasteiger partial charge in [-0.1, -0.05) is 12.2 Å². The Morgan fingerprint density at radius 1 is 0.647 bits per heavy atom. The zero-order chi connectivity index (χ0) is 11.0. The quantitative estimate of drug-likeness (QED) is 0.588. The van der Waals surface area contributed by atoms with Crippen molar-refractivity contribution in [1.29, 1.82) is 0 Å². The predicted molar refractivity (Wildman–Crippen MR) is 69.4 cm³/mol. The minimum Gasteiger partial charge on any atom is -0.0851 e. The third kappa shape index (κ3) is 1.15. The zero-order valence-electron chi connectivity index (χ0n) is 10.7. The molecule has 17 heavy (non-hydrogen) atoms. The summed E-state index contributed by atoms with van der Waals surface area (Å²) >= 11 is 0. The molecule has 0 radical (unpaired) electrons. The number of allylic oxidation sites excluding steroid dienone is 2. The Labute approximate surface area is 105 Å². The Balaban J connectivity index is 1.45. The Morgan fingerprint density at radius 3 is 2.35 bits per heavy atom. The van der Waals surface area contributed by atoms with Gasteiger partial charge in [-0.05, 0) is 92.3 Å². The van der Waals surface area contributed by atoms with E-state index in [-0.39, 0.29) is 0 Å². The summed E-state index contributed by atoms with van der Waals surface area (Å²) in [5.74, 6) is 8.96. The highest BCUT2D eigenvalue weighted by atomic mass is 14.6. The van der Waals surface area contributed by atoms with Crippen LogP contribution in [0.1, 0.15) is 44.9 Å². The molecule has 0 aromatic rings. The van der Waals surface area contributed by atoms with Crippen molar-refractivity contribution < 1.29 is 0 Å². The molecule has 0 heterocycles. The SMILES string of the molecule is C1=CC2CC1CC2C1CC2CCC3CCC1C32. The van der Waals surface area contributed by atoms with Gasteiger partial charge in [0.05, 0.1) is 0 Å². The standard InChI is InChI=1S/C17H24/c1-2-12-7-10(1)8-15(12)16-9-13-4-3-11-5-6-14(16)17(11)13/h1-2,10-17H,3-9H2. The molecule has 4 fully saturated rings. The zero-order valence-corrected chi connectivity index (χ0v) is 10.7. The summed E-state index contributed by atoms with van der Waals surface area (Å²) in [4.78, 5) is 0. The van der Waals surface area contributed by atoms with Gasteiger partial charge in [0.15, 0.2) is 0 Å². The van der Waals surface area contributed by atoms with Gasteiger partial charge in [-0.15, -0.1) is 0 Å². The van der Waals surface area contributed by atoms with E-state index >= 15 is 0 Å². The molecule has 0 spiro atoms. The Hall–Kier alpha value is -0.260. The fraction of sp³-hybridized carbons (Fsp3) is 0.882. The largest absolute Gasteiger partial charge is 0.0851 e. The van der Waals surface area contributed by atoms with E-state index in [9.17, 15) is 0 Å². The third-order valence-corrected chi connectivity index (χ3v) is 7.37. The van der Waals surface area contributed by atoms with Crippen LogP contribution in [0.15, 0.2) is 12.2 Å². The minimum atomic E-state index is 0.989. The van der Waals surface area contributed by atoms with Gasteiger partial charge in [0.2, 0.25) is 0 Å². The van der Waals surface area contributed by atoms with Gasteiger partial charge in [0.1, 0.15) is 0 Å². The fourth-order valence-electron chi connectivity index (χ4n) is 6.94. The highest BCUT2D eigenvalue weighted by Crippen LogP contribution is 2.64. The van der Waals surface area contributed by atoms with Gasteiger partial charge in [-0.2, -0.15) is 0 Å². The number of hydrogen-bond acceptors (Lipinski definition) is 0. The highest BCUT2D eigenvalue weighted by Gasteiger charge is 2.56. The summed E-state index contributed by atoms with van der Waals surface area (Å²) in [5.41, 5.74) is 0. The molecular weight excluding hydrogens is 204 g/mol. The van der Waals surface area contributed by atoms with Crippen molar-refractivity contribution in [3.8, 4) is 0 Å². The summed E-state index contributed by atoms with van der Waals surface area (Å²) in [6.45, 7) is 0. The molecule has 0 aromatic heterocycles. The fourth-order valence-corrected chi connectivity index (χ4v) is 6.94. The lowest BCUT2D eigenvalue weighted by Crippen LogP contribution is -2.23. The van der Waals surface area contributed by atoms with Crippen LogP contribution in [0.3, 0.4) is 0 Å². The molecule has 0 aromatic carbocycles. The Morgan fingerprint density at radius 2 is 1.53 bits per heavy atom. The van der Waals surface area contributed by atoms with Crippen molar-refractivity contribution in [2.45, 2.75) is 44.9 Å². The van der Waals surface area contributed by atoms with Crippen LogP contribution in [-0.4, -0.2) is 0 Å². The lowest BCUT2D eigenvalue weighted by atomic mass is 9.75. The molecule has 0 heteroatoms. The average Bonchev–Trinajstić information content (AvgIpc) is 3.10. The molecule has 0 N–H and O–H groups in total. The van der Waals surface area contributed by atoms with Crippen molar-refractivity contribution in [2.24, 2.45) is 47.3 Å². The van der Waals surface area contributed by atoms with E-state index in [1.54, 1.807) is 38.5 Å². The van der Waals surface area contributed by atoms with E-state index in [2.05, 4.69) is 12.2 Å². The van der Waals surface area contributed by atoms with Crippen LogP contribution in [0.5, 0.6) is 0 Å². The second-order valence-corrected chi connectivity index (χ2v) is 7.76. The molecule has 92 valence electrons. The molecule has 5 aliphatic rings. The molecule has 5 rings (SSSR count). The van der Waals surface area contributed by atoms with Crippen molar-refractivity contribution in [3.05, 3.63) is 12.2 Å². The lowest BCUT2D eigenvalue weighted by molar-refractivity contribution is 0.210. The van der Waals surface area contributed by atoms with Crippen molar-refractivity contribution in [3.63, 3.8) is 0 Å². The van der Waals surface area contributed by atoms with Gasteiger partial charge in [0, 0.05) is 0 Å². The van der Waals surface area contributed by atoms with Crippen LogP contribution >= 0.6 is 0 Å². The van der Waals surface area contributed by atoms with Crippen LogP contribution in [-0.2, 0) is 0 Å². The summed E-state index contributed by atoms with van der Waals surface area (Å²) in [7, 11) is 0. The first-order valence-electron chi connectivity index (χ1n) is 8.08.